The molecule has 3 N–H and O–H groups in total. The number of anilines is 1. The van der Waals surface area contributed by atoms with Crippen LogP contribution in [-0.2, 0) is 42.1 Å². The molecule has 0 bridgehead atoms. The van der Waals surface area contributed by atoms with Crippen molar-refractivity contribution >= 4 is 49.0 Å². The summed E-state index contributed by atoms with van der Waals surface area (Å²) in [5, 5.41) is 3.88. The van der Waals surface area contributed by atoms with Crippen molar-refractivity contribution in [3.8, 4) is 0 Å². The molecule has 0 heterocycles. The van der Waals surface area contributed by atoms with E-state index in [1.54, 1.807) is 91.0 Å². The van der Waals surface area contributed by atoms with Gasteiger partial charge in [0, 0.05) is 0 Å². The summed E-state index contributed by atoms with van der Waals surface area (Å²) in [6.45, 7) is 4.58. The molecule has 0 saturated carbocycles. The topological polar surface area (TPSA) is 70.2 Å². The van der Waals surface area contributed by atoms with Gasteiger partial charge in [0.25, 0.3) is 0 Å². The Bertz CT molecular complexity index is 2320. The van der Waals surface area contributed by atoms with Crippen molar-refractivity contribution in [3.05, 3.63) is 161 Å². The van der Waals surface area contributed by atoms with Gasteiger partial charge in [0.2, 0.25) is 0 Å². The summed E-state index contributed by atoms with van der Waals surface area (Å²) in [5.74, 6) is -0.874. The van der Waals surface area contributed by atoms with Crippen LogP contribution in [0.3, 0.4) is 0 Å². The molecule has 5 rings (SSSR count). The van der Waals surface area contributed by atoms with Gasteiger partial charge >= 0.3 is 343 Å². The molecule has 5 nitrogen and oxygen atoms in total. The molecular formula is C45H41BrF12N3O2P. The molecule has 5 aromatic rings. The molecule has 19 heteroatoms. The van der Waals surface area contributed by atoms with Gasteiger partial charge < -0.3 is 0 Å². The first-order chi connectivity index (χ1) is 29.5. The number of carbonyl (C=O) groups excluding carboxylic acids is 2. The number of nitrogens with one attached hydrogen (secondary N) is 3. The molecule has 0 aliphatic heterocycles. The monoisotopic (exact) mass is 993 g/mol. The van der Waals surface area contributed by atoms with E-state index < -0.39 is 93.6 Å². The third-order valence-corrected chi connectivity index (χ3v) is 19.6. The minimum absolute atomic E-state index is 0.0274. The van der Waals surface area contributed by atoms with E-state index in [9.17, 15) is 62.3 Å². The van der Waals surface area contributed by atoms with Gasteiger partial charge in [0.1, 0.15) is 0 Å². The van der Waals surface area contributed by atoms with E-state index in [1.165, 1.54) is 20.8 Å². The van der Waals surface area contributed by atoms with Crippen LogP contribution in [0.15, 0.2) is 127 Å². The van der Waals surface area contributed by atoms with Crippen LogP contribution in [0.25, 0.3) is 0 Å². The third-order valence-electron chi connectivity index (χ3n) is 10.4. The molecule has 0 spiro atoms. The molecule has 0 radical (unpaired) electrons. The van der Waals surface area contributed by atoms with Gasteiger partial charge in [0.15, 0.2) is 0 Å². The Balaban J connectivity index is 1.63. The first-order valence-electron chi connectivity index (χ1n) is 19.3. The Morgan fingerprint density at radius 2 is 0.938 bits per heavy atom. The van der Waals surface area contributed by atoms with Crippen molar-refractivity contribution in [1.82, 2.24) is 10.6 Å². The van der Waals surface area contributed by atoms with Gasteiger partial charge in [0.05, 0.1) is 0 Å². The number of amides is 3. The van der Waals surface area contributed by atoms with Crippen molar-refractivity contribution < 1.29 is 62.3 Å². The van der Waals surface area contributed by atoms with Gasteiger partial charge in [-0.2, -0.15) is 26.3 Å². The number of carbonyl (C=O) groups is 2. The number of halogens is 13. The Kier molecular flexibility index (Phi) is 14.4. The number of benzene rings is 5. The standard InChI is InChI=1S/C45H41BrF12N3O2P/c1-41(2,3)38(61-40(63)60-34-24-32(44(53,54)55)23-33(25-34)45(56,57)58)39(62)59-35(21-28-13-7-4-8-14-28)27-64(46,36-15-9-5-10-16-36,37-17-11-6-12-18-37)26-29-19-30(42(47,48)49)22-31(20-29)43(50,51)52/h4-20,22-25,35,38H,21,26-27H2,1-3H3,(H,59,62)(H2,60,61,63)/t35-,38+/m0/s1. The second kappa shape index (κ2) is 18.4. The summed E-state index contributed by atoms with van der Waals surface area (Å²) in [4.78, 5) is 28.0. The van der Waals surface area contributed by atoms with E-state index in [0.29, 0.717) is 40.4 Å². The first-order valence-corrected chi connectivity index (χ1v) is 23.9. The number of rotatable bonds is 12. The quantitative estimate of drug-likeness (QED) is 0.0861. The number of alkyl halides is 12. The van der Waals surface area contributed by atoms with Crippen molar-refractivity contribution in [2.75, 3.05) is 11.5 Å². The molecule has 0 saturated heterocycles. The van der Waals surface area contributed by atoms with Gasteiger partial charge in [-0.3, -0.25) is 0 Å². The molecule has 0 unspecified atom stereocenters. The molecule has 0 fully saturated rings. The fourth-order valence-electron chi connectivity index (χ4n) is 7.44. The van der Waals surface area contributed by atoms with Crippen molar-refractivity contribution in [2.24, 2.45) is 5.41 Å². The molecule has 0 aliphatic rings. The van der Waals surface area contributed by atoms with E-state index in [-0.39, 0.29) is 30.3 Å². The first kappa shape index (κ1) is 49.9. The van der Waals surface area contributed by atoms with Crippen molar-refractivity contribution in [1.29, 1.82) is 0 Å². The third kappa shape index (κ3) is 12.2. The fourth-order valence-corrected chi connectivity index (χ4v) is 15.8. The molecule has 0 aromatic heterocycles. The van der Waals surface area contributed by atoms with Crippen LogP contribution in [-0.4, -0.2) is 30.2 Å². The van der Waals surface area contributed by atoms with Crippen LogP contribution in [0.5, 0.6) is 0 Å². The predicted octanol–water partition coefficient (Wildman–Crippen LogP) is 12.7. The fraction of sp³-hybridized carbons (Fsp3) is 0.289. The van der Waals surface area contributed by atoms with E-state index >= 15 is 0 Å². The van der Waals surface area contributed by atoms with Crippen molar-refractivity contribution in [3.63, 3.8) is 0 Å². The summed E-state index contributed by atoms with van der Waals surface area (Å²) in [6, 6.07) is 23.2. The van der Waals surface area contributed by atoms with E-state index in [2.05, 4.69) is 26.1 Å². The molecule has 64 heavy (non-hydrogen) atoms. The van der Waals surface area contributed by atoms with Crippen LogP contribution in [0.1, 0.15) is 54.2 Å². The molecule has 5 aromatic carbocycles. The van der Waals surface area contributed by atoms with Gasteiger partial charge in [-0.15, -0.1) is 0 Å². The number of hydrogen-bond acceptors (Lipinski definition) is 2. The SMILES string of the molecule is CC(C)(C)[C@H](NC(=O)Nc1cc(C(F)(F)F)cc(C(F)(F)F)c1)C(=O)N[C@@H](Cc1ccccc1)CP(Br)(Cc1cc(C(F)(F)F)cc(C(F)(F)F)c1)(c1ccccc1)c1ccccc1. The summed E-state index contributed by atoms with van der Waals surface area (Å²) in [7, 11) is 0. The molecule has 344 valence electrons. The average Bonchev–Trinajstić information content (AvgIpc) is 3.19. The number of urea groups is 1. The molecule has 2 atom stereocenters. The Labute approximate surface area is 368 Å². The van der Waals surface area contributed by atoms with Gasteiger partial charge in [-0.25, -0.2) is 0 Å². The average molecular weight is 995 g/mol. The Morgan fingerprint density at radius 3 is 1.33 bits per heavy atom. The second-order valence-corrected chi connectivity index (χ2v) is 26.0. The molecular weight excluding hydrogens is 953 g/mol. The van der Waals surface area contributed by atoms with Crippen LogP contribution >= 0.6 is 20.8 Å². The second-order valence-electron chi connectivity index (χ2n) is 16.4. The Morgan fingerprint density at radius 1 is 0.547 bits per heavy atom. The minimum atomic E-state index is -5.22. The maximum atomic E-state index is 14.6. The molecule has 0 aliphatic carbocycles. The normalized spacial score (nSPS) is 14.5. The molecule has 3 amide bonds. The van der Waals surface area contributed by atoms with E-state index in [4.69, 9.17) is 0 Å². The van der Waals surface area contributed by atoms with Crippen LogP contribution in [0.4, 0.5) is 63.2 Å². The summed E-state index contributed by atoms with van der Waals surface area (Å²) < 4.78 is 167. The van der Waals surface area contributed by atoms with Gasteiger partial charge in [-0.05, 0) is 0 Å². The zero-order chi connectivity index (χ0) is 47.5. The van der Waals surface area contributed by atoms with E-state index in [0.717, 1.165) is 0 Å². The van der Waals surface area contributed by atoms with E-state index in [1.807, 2.05) is 5.32 Å². The summed E-state index contributed by atoms with van der Waals surface area (Å²) in [6.07, 6.45) is -21.3. The summed E-state index contributed by atoms with van der Waals surface area (Å²) in [5.41, 5.74) is -8.17. The number of hydrogen-bond donors (Lipinski definition) is 3. The van der Waals surface area contributed by atoms with Crippen LogP contribution < -0.4 is 26.6 Å². The predicted molar refractivity (Wildman–Crippen MR) is 227 cm³/mol. The van der Waals surface area contributed by atoms with Gasteiger partial charge in [-0.1, -0.05) is 0 Å². The van der Waals surface area contributed by atoms with Crippen molar-refractivity contribution in [2.45, 2.75) is 70.1 Å². The maximum absolute atomic E-state index is 14.6. The summed E-state index contributed by atoms with van der Waals surface area (Å²) >= 11 is 4.07. The Hall–Kier alpha value is -5.09. The van der Waals surface area contributed by atoms with Crippen LogP contribution in [0.2, 0.25) is 0 Å². The zero-order valence-corrected chi connectivity index (χ0v) is 36.6. The zero-order valence-electron chi connectivity index (χ0n) is 34.1. The van der Waals surface area contributed by atoms with Crippen LogP contribution in [0, 0.1) is 5.41 Å².